The first-order chi connectivity index (χ1) is 9.22. The maximum atomic E-state index is 9.19. The summed E-state index contributed by atoms with van der Waals surface area (Å²) in [5.74, 6) is 0.917. The van der Waals surface area contributed by atoms with Gasteiger partial charge in [0.25, 0.3) is 0 Å². The highest BCUT2D eigenvalue weighted by Crippen LogP contribution is 2.18. The Kier molecular flexibility index (Phi) is 2.72. The van der Waals surface area contributed by atoms with E-state index >= 15 is 0 Å². The van der Waals surface area contributed by atoms with Gasteiger partial charge in [-0.05, 0) is 30.3 Å². The van der Waals surface area contributed by atoms with Crippen LogP contribution in [0.2, 0.25) is 0 Å². The smallest absolute Gasteiger partial charge is 0.139 e. The van der Waals surface area contributed by atoms with E-state index in [1.54, 1.807) is 30.5 Å². The Morgan fingerprint density at radius 2 is 2.00 bits per heavy atom. The zero-order valence-corrected chi connectivity index (χ0v) is 10.2. The SMILES string of the molecule is Nc1ccn2c(COc3ccc(O)cc3)cnc2c1. The fourth-order valence-corrected chi connectivity index (χ4v) is 1.86. The average molecular weight is 255 g/mol. The van der Waals surface area contributed by atoms with Gasteiger partial charge < -0.3 is 20.0 Å². The molecule has 3 aromatic rings. The predicted octanol–water partition coefficient (Wildman–Crippen LogP) is 2.20. The third-order valence-electron chi connectivity index (χ3n) is 2.84. The van der Waals surface area contributed by atoms with Crippen LogP contribution in [-0.4, -0.2) is 14.5 Å². The quantitative estimate of drug-likeness (QED) is 0.752. The van der Waals surface area contributed by atoms with Gasteiger partial charge >= 0.3 is 0 Å². The number of aromatic nitrogens is 2. The van der Waals surface area contributed by atoms with Gasteiger partial charge in [0.15, 0.2) is 0 Å². The molecule has 0 radical (unpaired) electrons. The number of nitrogens with zero attached hydrogens (tertiary/aromatic N) is 2. The lowest BCUT2D eigenvalue weighted by Crippen LogP contribution is -1.99. The molecule has 0 unspecified atom stereocenters. The summed E-state index contributed by atoms with van der Waals surface area (Å²) in [6, 6.07) is 10.2. The molecule has 1 aromatic carbocycles. The van der Waals surface area contributed by atoms with Crippen LogP contribution in [0.25, 0.3) is 5.65 Å². The number of rotatable bonds is 3. The molecular weight excluding hydrogens is 242 g/mol. The number of benzene rings is 1. The first-order valence-electron chi connectivity index (χ1n) is 5.86. The van der Waals surface area contributed by atoms with E-state index in [0.29, 0.717) is 18.0 Å². The average Bonchev–Trinajstić information content (AvgIpc) is 2.80. The second-order valence-electron chi connectivity index (χ2n) is 4.22. The van der Waals surface area contributed by atoms with Crippen LogP contribution in [0.5, 0.6) is 11.5 Å². The summed E-state index contributed by atoms with van der Waals surface area (Å²) in [5, 5.41) is 9.19. The van der Waals surface area contributed by atoms with Crippen LogP contribution in [0.3, 0.4) is 0 Å². The van der Waals surface area contributed by atoms with Gasteiger partial charge in [0.2, 0.25) is 0 Å². The minimum absolute atomic E-state index is 0.220. The van der Waals surface area contributed by atoms with Gasteiger partial charge in [-0.15, -0.1) is 0 Å². The molecule has 0 aliphatic rings. The van der Waals surface area contributed by atoms with E-state index in [9.17, 15) is 5.11 Å². The number of nitrogen functional groups attached to an aromatic ring is 1. The van der Waals surface area contributed by atoms with E-state index in [1.165, 1.54) is 0 Å². The summed E-state index contributed by atoms with van der Waals surface area (Å²) in [7, 11) is 0. The predicted molar refractivity (Wildman–Crippen MR) is 72.0 cm³/mol. The van der Waals surface area contributed by atoms with E-state index in [0.717, 1.165) is 11.3 Å². The summed E-state index contributed by atoms with van der Waals surface area (Å²) in [6.07, 6.45) is 3.63. The minimum atomic E-state index is 0.220. The summed E-state index contributed by atoms with van der Waals surface area (Å²) >= 11 is 0. The van der Waals surface area contributed by atoms with Gasteiger partial charge in [0.05, 0.1) is 11.9 Å². The van der Waals surface area contributed by atoms with E-state index in [1.807, 2.05) is 22.7 Å². The molecule has 0 saturated carbocycles. The van der Waals surface area contributed by atoms with Crippen LogP contribution in [-0.2, 0) is 6.61 Å². The Morgan fingerprint density at radius 3 is 2.79 bits per heavy atom. The maximum absolute atomic E-state index is 9.19. The van der Waals surface area contributed by atoms with Crippen LogP contribution in [0, 0.1) is 0 Å². The number of imidazole rings is 1. The van der Waals surface area contributed by atoms with E-state index in [4.69, 9.17) is 10.5 Å². The van der Waals surface area contributed by atoms with Crippen LogP contribution < -0.4 is 10.5 Å². The number of pyridine rings is 1. The van der Waals surface area contributed by atoms with Gasteiger partial charge in [0, 0.05) is 18.0 Å². The molecule has 5 heteroatoms. The Morgan fingerprint density at radius 1 is 1.21 bits per heavy atom. The van der Waals surface area contributed by atoms with Crippen molar-refractivity contribution in [3.8, 4) is 11.5 Å². The van der Waals surface area contributed by atoms with Crippen molar-refractivity contribution in [3.05, 3.63) is 54.5 Å². The van der Waals surface area contributed by atoms with Crippen molar-refractivity contribution in [2.24, 2.45) is 0 Å². The summed E-state index contributed by atoms with van der Waals surface area (Å²) < 4.78 is 7.57. The number of phenolic OH excluding ortho intramolecular Hbond substituents is 1. The maximum Gasteiger partial charge on any atom is 0.139 e. The highest BCUT2D eigenvalue weighted by molar-refractivity contribution is 5.52. The number of fused-ring (bicyclic) bond motifs is 1. The number of hydrogen-bond acceptors (Lipinski definition) is 4. The third kappa shape index (κ3) is 2.30. The lowest BCUT2D eigenvalue weighted by atomic mass is 10.3. The molecule has 19 heavy (non-hydrogen) atoms. The Hall–Kier alpha value is -2.69. The summed E-state index contributed by atoms with van der Waals surface area (Å²) in [5.41, 5.74) is 8.12. The number of anilines is 1. The molecule has 3 rings (SSSR count). The third-order valence-corrected chi connectivity index (χ3v) is 2.84. The van der Waals surface area contributed by atoms with Crippen LogP contribution in [0.1, 0.15) is 5.69 Å². The highest BCUT2D eigenvalue weighted by atomic mass is 16.5. The largest absolute Gasteiger partial charge is 0.508 e. The zero-order chi connectivity index (χ0) is 13.2. The number of phenols is 1. The molecular formula is C14H13N3O2. The summed E-state index contributed by atoms with van der Waals surface area (Å²) in [6.45, 7) is 0.399. The molecule has 96 valence electrons. The number of ether oxygens (including phenoxy) is 1. The molecule has 0 spiro atoms. The van der Waals surface area contributed by atoms with Crippen LogP contribution in [0.4, 0.5) is 5.69 Å². The van der Waals surface area contributed by atoms with E-state index in [-0.39, 0.29) is 5.75 Å². The second kappa shape index (κ2) is 4.53. The monoisotopic (exact) mass is 255 g/mol. The van der Waals surface area contributed by atoms with Crippen molar-refractivity contribution in [1.82, 2.24) is 9.38 Å². The summed E-state index contributed by atoms with van der Waals surface area (Å²) in [4.78, 5) is 4.27. The fourth-order valence-electron chi connectivity index (χ4n) is 1.86. The molecule has 5 nitrogen and oxygen atoms in total. The molecule has 2 aromatic heterocycles. The number of hydrogen-bond donors (Lipinski definition) is 2. The topological polar surface area (TPSA) is 72.8 Å². The normalized spacial score (nSPS) is 10.7. The van der Waals surface area contributed by atoms with Gasteiger partial charge in [-0.2, -0.15) is 0 Å². The Balaban J connectivity index is 1.80. The van der Waals surface area contributed by atoms with Crippen molar-refractivity contribution in [1.29, 1.82) is 0 Å². The second-order valence-corrected chi connectivity index (χ2v) is 4.22. The highest BCUT2D eigenvalue weighted by Gasteiger charge is 2.04. The molecule has 0 aliphatic carbocycles. The molecule has 0 aliphatic heterocycles. The lowest BCUT2D eigenvalue weighted by molar-refractivity contribution is 0.300. The first kappa shape index (κ1) is 11.4. The van der Waals surface area contributed by atoms with E-state index in [2.05, 4.69) is 4.98 Å². The first-order valence-corrected chi connectivity index (χ1v) is 5.86. The van der Waals surface area contributed by atoms with Gasteiger partial charge in [-0.3, -0.25) is 0 Å². The molecule has 0 atom stereocenters. The number of nitrogens with two attached hydrogens (primary N) is 1. The van der Waals surface area contributed by atoms with Crippen molar-refractivity contribution in [3.63, 3.8) is 0 Å². The Labute approximate surface area is 109 Å². The minimum Gasteiger partial charge on any atom is -0.508 e. The van der Waals surface area contributed by atoms with Gasteiger partial charge in [-0.25, -0.2) is 4.98 Å². The van der Waals surface area contributed by atoms with E-state index < -0.39 is 0 Å². The fraction of sp³-hybridized carbons (Fsp3) is 0.0714. The van der Waals surface area contributed by atoms with Crippen molar-refractivity contribution < 1.29 is 9.84 Å². The lowest BCUT2D eigenvalue weighted by Gasteiger charge is -2.06. The van der Waals surface area contributed by atoms with Crippen LogP contribution in [0.15, 0.2) is 48.8 Å². The van der Waals surface area contributed by atoms with Crippen LogP contribution >= 0.6 is 0 Å². The number of aromatic hydroxyl groups is 1. The van der Waals surface area contributed by atoms with Crippen molar-refractivity contribution >= 4 is 11.3 Å². The molecule has 3 N–H and O–H groups in total. The zero-order valence-electron chi connectivity index (χ0n) is 10.2. The van der Waals surface area contributed by atoms with Crippen molar-refractivity contribution in [2.75, 3.05) is 5.73 Å². The Bertz CT molecular complexity index is 704. The standard InChI is InChI=1S/C14H13N3O2/c15-10-5-6-17-11(8-16-14(17)7-10)9-19-13-3-1-12(18)2-4-13/h1-8,18H,9,15H2. The molecule has 0 fully saturated rings. The van der Waals surface area contributed by atoms with Gasteiger partial charge in [-0.1, -0.05) is 0 Å². The molecule has 0 bridgehead atoms. The van der Waals surface area contributed by atoms with Gasteiger partial charge in [0.1, 0.15) is 23.8 Å². The molecule has 2 heterocycles. The van der Waals surface area contributed by atoms with Crippen molar-refractivity contribution in [2.45, 2.75) is 6.61 Å². The molecule has 0 amide bonds. The molecule has 0 saturated heterocycles.